The van der Waals surface area contributed by atoms with Crippen LogP contribution in [-0.4, -0.2) is 5.97 Å². The van der Waals surface area contributed by atoms with E-state index in [2.05, 4.69) is 0 Å². The highest BCUT2D eigenvalue weighted by atomic mass is 16.5. The summed E-state index contributed by atoms with van der Waals surface area (Å²) < 4.78 is 5.23. The number of hydrogen-bond donors (Lipinski definition) is 0. The van der Waals surface area contributed by atoms with Crippen LogP contribution in [0.25, 0.3) is 0 Å². The fourth-order valence-electron chi connectivity index (χ4n) is 2.07. The van der Waals surface area contributed by atoms with E-state index < -0.39 is 0 Å². The Morgan fingerprint density at radius 2 is 1.56 bits per heavy atom. The van der Waals surface area contributed by atoms with Gasteiger partial charge in [-0.05, 0) is 11.6 Å². The largest absolute Gasteiger partial charge is 0.425 e. The van der Waals surface area contributed by atoms with Crippen molar-refractivity contribution in [1.82, 2.24) is 0 Å². The van der Waals surface area contributed by atoms with E-state index in [1.807, 2.05) is 54.6 Å². The van der Waals surface area contributed by atoms with Crippen molar-refractivity contribution in [3.05, 3.63) is 65.7 Å². The molecule has 0 bridgehead atoms. The Kier molecular flexibility index (Phi) is 2.00. The van der Waals surface area contributed by atoms with Crippen LogP contribution in [0.15, 0.2) is 54.6 Å². The molecule has 0 aromatic heterocycles. The predicted octanol–water partition coefficient (Wildman–Crippen LogP) is 2.74. The molecule has 2 aromatic rings. The molecule has 0 saturated carbocycles. The lowest BCUT2D eigenvalue weighted by Gasteiger charge is -2.06. The third kappa shape index (κ3) is 1.31. The van der Waals surface area contributed by atoms with Gasteiger partial charge >= 0.3 is 5.97 Å². The maximum Gasteiger partial charge on any atom is 0.323 e. The first kappa shape index (κ1) is 9.16. The smallest absolute Gasteiger partial charge is 0.323 e. The van der Waals surface area contributed by atoms with Gasteiger partial charge in [-0.1, -0.05) is 48.5 Å². The maximum atomic E-state index is 11.8. The van der Waals surface area contributed by atoms with Gasteiger partial charge in [-0.3, -0.25) is 4.79 Å². The van der Waals surface area contributed by atoms with Crippen LogP contribution in [0.2, 0.25) is 0 Å². The molecule has 0 unspecified atom stereocenters. The van der Waals surface area contributed by atoms with Crippen molar-refractivity contribution >= 4 is 5.97 Å². The topological polar surface area (TPSA) is 26.3 Å². The van der Waals surface area contributed by atoms with Crippen LogP contribution in [0.1, 0.15) is 17.0 Å². The summed E-state index contributed by atoms with van der Waals surface area (Å²) in [5, 5.41) is 0. The van der Waals surface area contributed by atoms with Gasteiger partial charge in [0.1, 0.15) is 11.7 Å². The van der Waals surface area contributed by atoms with Gasteiger partial charge in [0, 0.05) is 5.56 Å². The molecule has 1 atom stereocenters. The third-order valence-corrected chi connectivity index (χ3v) is 2.81. The summed E-state index contributed by atoms with van der Waals surface area (Å²) in [6.07, 6.45) is 0. The molecule has 0 amide bonds. The number of fused-ring (bicyclic) bond motifs is 1. The van der Waals surface area contributed by atoms with Gasteiger partial charge in [-0.15, -0.1) is 0 Å². The monoisotopic (exact) mass is 210 g/mol. The second-order valence-corrected chi connectivity index (χ2v) is 3.80. The van der Waals surface area contributed by atoms with E-state index in [1.165, 1.54) is 0 Å². The van der Waals surface area contributed by atoms with Crippen molar-refractivity contribution in [2.45, 2.75) is 5.92 Å². The summed E-state index contributed by atoms with van der Waals surface area (Å²) in [4.78, 5) is 11.8. The van der Waals surface area contributed by atoms with Gasteiger partial charge < -0.3 is 4.74 Å². The summed E-state index contributed by atoms with van der Waals surface area (Å²) >= 11 is 0. The SMILES string of the molecule is O=C1Oc2ccccc2[C@@H]1c1ccccc1. The lowest BCUT2D eigenvalue weighted by atomic mass is 9.93. The average molecular weight is 210 g/mol. The molecule has 0 aliphatic carbocycles. The molecule has 0 fully saturated rings. The quantitative estimate of drug-likeness (QED) is 0.534. The van der Waals surface area contributed by atoms with Crippen LogP contribution >= 0.6 is 0 Å². The molecule has 0 spiro atoms. The molecular weight excluding hydrogens is 200 g/mol. The molecule has 0 N–H and O–H groups in total. The molecule has 0 radical (unpaired) electrons. The minimum atomic E-state index is -0.266. The molecule has 1 aliphatic heterocycles. The second-order valence-electron chi connectivity index (χ2n) is 3.80. The Labute approximate surface area is 93.5 Å². The first-order chi connectivity index (χ1) is 7.86. The number of esters is 1. The molecule has 16 heavy (non-hydrogen) atoms. The number of ether oxygens (including phenoxy) is 1. The predicted molar refractivity (Wildman–Crippen MR) is 60.4 cm³/mol. The van der Waals surface area contributed by atoms with Crippen molar-refractivity contribution < 1.29 is 9.53 Å². The summed E-state index contributed by atoms with van der Waals surface area (Å²) in [5.41, 5.74) is 1.94. The zero-order valence-corrected chi connectivity index (χ0v) is 8.59. The van der Waals surface area contributed by atoms with Gasteiger partial charge in [0.15, 0.2) is 0 Å². The summed E-state index contributed by atoms with van der Waals surface area (Å²) in [6, 6.07) is 17.3. The summed E-state index contributed by atoms with van der Waals surface area (Å²) in [6.45, 7) is 0. The summed E-state index contributed by atoms with van der Waals surface area (Å²) in [7, 11) is 0. The fourth-order valence-corrected chi connectivity index (χ4v) is 2.07. The lowest BCUT2D eigenvalue weighted by molar-refractivity contribution is -0.133. The van der Waals surface area contributed by atoms with Crippen LogP contribution in [0, 0.1) is 0 Å². The Hall–Kier alpha value is -2.09. The molecule has 2 heteroatoms. The Balaban J connectivity index is 2.13. The number of rotatable bonds is 1. The van der Waals surface area contributed by atoms with E-state index in [0.29, 0.717) is 5.75 Å². The fraction of sp³-hybridized carbons (Fsp3) is 0.0714. The van der Waals surface area contributed by atoms with Crippen molar-refractivity contribution in [3.8, 4) is 5.75 Å². The molecule has 2 nitrogen and oxygen atoms in total. The Bertz CT molecular complexity index is 531. The molecule has 2 aromatic carbocycles. The minimum absolute atomic E-state index is 0.188. The van der Waals surface area contributed by atoms with Crippen LogP contribution < -0.4 is 4.74 Å². The van der Waals surface area contributed by atoms with Gasteiger partial charge in [0.05, 0.1) is 0 Å². The molecule has 1 aliphatic rings. The van der Waals surface area contributed by atoms with E-state index in [0.717, 1.165) is 11.1 Å². The van der Waals surface area contributed by atoms with Gasteiger partial charge in [0.2, 0.25) is 0 Å². The van der Waals surface area contributed by atoms with Crippen molar-refractivity contribution in [3.63, 3.8) is 0 Å². The van der Waals surface area contributed by atoms with E-state index in [1.54, 1.807) is 0 Å². The first-order valence-electron chi connectivity index (χ1n) is 5.22. The molecule has 3 rings (SSSR count). The number of hydrogen-bond acceptors (Lipinski definition) is 2. The number of carbonyl (C=O) groups excluding carboxylic acids is 1. The van der Waals surface area contributed by atoms with E-state index in [4.69, 9.17) is 4.74 Å². The number of carbonyl (C=O) groups is 1. The number of para-hydroxylation sites is 1. The molecule has 0 saturated heterocycles. The van der Waals surface area contributed by atoms with Crippen LogP contribution in [0.4, 0.5) is 0 Å². The highest BCUT2D eigenvalue weighted by Crippen LogP contribution is 2.38. The minimum Gasteiger partial charge on any atom is -0.425 e. The number of benzene rings is 2. The molecule has 78 valence electrons. The van der Waals surface area contributed by atoms with E-state index in [9.17, 15) is 4.79 Å². The first-order valence-corrected chi connectivity index (χ1v) is 5.22. The maximum absolute atomic E-state index is 11.8. The zero-order chi connectivity index (χ0) is 11.0. The zero-order valence-electron chi connectivity index (χ0n) is 8.59. The lowest BCUT2D eigenvalue weighted by Crippen LogP contribution is -2.11. The van der Waals surface area contributed by atoms with E-state index >= 15 is 0 Å². The average Bonchev–Trinajstić information content (AvgIpc) is 2.66. The second kappa shape index (κ2) is 3.49. The van der Waals surface area contributed by atoms with Gasteiger partial charge in [-0.25, -0.2) is 0 Å². The Morgan fingerprint density at radius 3 is 2.38 bits per heavy atom. The van der Waals surface area contributed by atoms with Gasteiger partial charge in [-0.2, -0.15) is 0 Å². The van der Waals surface area contributed by atoms with E-state index in [-0.39, 0.29) is 11.9 Å². The highest BCUT2D eigenvalue weighted by Gasteiger charge is 2.33. The normalized spacial score (nSPS) is 18.0. The van der Waals surface area contributed by atoms with Crippen molar-refractivity contribution in [2.24, 2.45) is 0 Å². The van der Waals surface area contributed by atoms with Crippen molar-refractivity contribution in [2.75, 3.05) is 0 Å². The highest BCUT2D eigenvalue weighted by molar-refractivity contribution is 5.89. The van der Waals surface area contributed by atoms with Gasteiger partial charge in [0.25, 0.3) is 0 Å². The Morgan fingerprint density at radius 1 is 0.875 bits per heavy atom. The van der Waals surface area contributed by atoms with Crippen molar-refractivity contribution in [1.29, 1.82) is 0 Å². The summed E-state index contributed by atoms with van der Waals surface area (Å²) in [5.74, 6) is 0.228. The van der Waals surface area contributed by atoms with Crippen LogP contribution in [0.5, 0.6) is 5.75 Å². The standard InChI is InChI=1S/C14H10O2/c15-14-13(10-6-2-1-3-7-10)11-8-4-5-9-12(11)16-14/h1-9,13H/t13-/m0/s1. The molecule has 1 heterocycles. The van der Waals surface area contributed by atoms with Crippen LogP contribution in [0.3, 0.4) is 0 Å². The van der Waals surface area contributed by atoms with Crippen LogP contribution in [-0.2, 0) is 4.79 Å². The third-order valence-electron chi connectivity index (χ3n) is 2.81. The molecular formula is C14H10O2.